The summed E-state index contributed by atoms with van der Waals surface area (Å²) in [5.41, 5.74) is 6.78. The molecule has 0 radical (unpaired) electrons. The van der Waals surface area contributed by atoms with Gasteiger partial charge < -0.3 is 20.5 Å². The van der Waals surface area contributed by atoms with Crippen LogP contribution in [0.25, 0.3) is 0 Å². The lowest BCUT2D eigenvalue weighted by atomic mass is 10.2. The van der Waals surface area contributed by atoms with Gasteiger partial charge in [0.25, 0.3) is 5.91 Å². The summed E-state index contributed by atoms with van der Waals surface area (Å²) in [6, 6.07) is 6.81. The van der Waals surface area contributed by atoms with Crippen LogP contribution >= 0.6 is 11.3 Å². The van der Waals surface area contributed by atoms with E-state index in [9.17, 15) is 4.79 Å². The molecule has 0 aliphatic heterocycles. The first-order valence-electron chi connectivity index (χ1n) is 5.52. The van der Waals surface area contributed by atoms with Gasteiger partial charge in [-0.05, 0) is 29.6 Å². The molecule has 6 heteroatoms. The number of carbonyl (C=O) groups is 1. The number of hydrogen-bond acceptors (Lipinski definition) is 5. The molecule has 100 valence electrons. The molecular formula is C13H14N2O3S. The molecule has 1 amide bonds. The molecule has 1 heterocycles. The van der Waals surface area contributed by atoms with Gasteiger partial charge in [0.2, 0.25) is 0 Å². The first-order chi connectivity index (χ1) is 9.15. The van der Waals surface area contributed by atoms with Gasteiger partial charge in [-0.25, -0.2) is 0 Å². The highest BCUT2D eigenvalue weighted by Crippen LogP contribution is 2.30. The first kappa shape index (κ1) is 13.2. The summed E-state index contributed by atoms with van der Waals surface area (Å²) in [6.07, 6.45) is 0. The summed E-state index contributed by atoms with van der Waals surface area (Å²) in [5, 5.41) is 4.56. The quantitative estimate of drug-likeness (QED) is 0.843. The Labute approximate surface area is 115 Å². The molecule has 2 rings (SSSR count). The molecule has 0 spiro atoms. The fourth-order valence-electron chi connectivity index (χ4n) is 1.63. The highest BCUT2D eigenvalue weighted by Gasteiger charge is 2.15. The van der Waals surface area contributed by atoms with Crippen LogP contribution in [0, 0.1) is 0 Å². The Morgan fingerprint density at radius 1 is 1.21 bits per heavy atom. The molecule has 0 saturated heterocycles. The van der Waals surface area contributed by atoms with Crippen LogP contribution in [0.3, 0.4) is 0 Å². The van der Waals surface area contributed by atoms with Gasteiger partial charge >= 0.3 is 0 Å². The van der Waals surface area contributed by atoms with Crippen molar-refractivity contribution in [3.63, 3.8) is 0 Å². The third kappa shape index (κ3) is 2.79. The van der Waals surface area contributed by atoms with Crippen LogP contribution in [-0.4, -0.2) is 20.1 Å². The Bertz CT molecular complexity index is 595. The lowest BCUT2D eigenvalue weighted by Gasteiger charge is -2.10. The molecule has 5 nitrogen and oxygen atoms in total. The summed E-state index contributed by atoms with van der Waals surface area (Å²) < 4.78 is 10.3. The van der Waals surface area contributed by atoms with Gasteiger partial charge in [-0.1, -0.05) is 0 Å². The second-order valence-electron chi connectivity index (χ2n) is 3.73. The monoisotopic (exact) mass is 278 g/mol. The van der Waals surface area contributed by atoms with E-state index in [1.807, 2.05) is 0 Å². The summed E-state index contributed by atoms with van der Waals surface area (Å²) in [4.78, 5) is 12.7. The van der Waals surface area contributed by atoms with Crippen LogP contribution in [0.1, 0.15) is 9.67 Å². The number of rotatable bonds is 4. The first-order valence-corrected chi connectivity index (χ1v) is 6.40. The fourth-order valence-corrected chi connectivity index (χ4v) is 2.38. The van der Waals surface area contributed by atoms with E-state index in [1.165, 1.54) is 25.6 Å². The topological polar surface area (TPSA) is 73.6 Å². The Balaban J connectivity index is 2.26. The molecular weight excluding hydrogens is 264 g/mol. The van der Waals surface area contributed by atoms with Crippen molar-refractivity contribution < 1.29 is 14.3 Å². The van der Waals surface area contributed by atoms with E-state index in [-0.39, 0.29) is 5.91 Å². The zero-order valence-corrected chi connectivity index (χ0v) is 11.4. The lowest BCUT2D eigenvalue weighted by molar-refractivity contribution is 0.102. The van der Waals surface area contributed by atoms with Crippen molar-refractivity contribution in [1.29, 1.82) is 0 Å². The number of anilines is 2. The van der Waals surface area contributed by atoms with Gasteiger partial charge in [0.15, 0.2) is 0 Å². The van der Waals surface area contributed by atoms with Crippen molar-refractivity contribution >= 4 is 28.6 Å². The molecule has 0 fully saturated rings. The number of amides is 1. The molecule has 3 N–H and O–H groups in total. The van der Waals surface area contributed by atoms with Crippen molar-refractivity contribution in [1.82, 2.24) is 0 Å². The smallest absolute Gasteiger partial charge is 0.269 e. The maximum atomic E-state index is 12.2. The number of carbonyl (C=O) groups excluding carboxylic acids is 1. The second kappa shape index (κ2) is 5.62. The molecule has 0 bridgehead atoms. The van der Waals surface area contributed by atoms with Crippen LogP contribution in [0.4, 0.5) is 11.4 Å². The average molecular weight is 278 g/mol. The Kier molecular flexibility index (Phi) is 3.91. The van der Waals surface area contributed by atoms with E-state index in [2.05, 4.69) is 5.32 Å². The van der Waals surface area contributed by atoms with Crippen molar-refractivity contribution in [2.24, 2.45) is 0 Å². The molecule has 0 atom stereocenters. The zero-order chi connectivity index (χ0) is 13.8. The molecule has 2 aromatic rings. The number of nitrogens with one attached hydrogen (secondary N) is 1. The number of thiophene rings is 1. The van der Waals surface area contributed by atoms with Crippen molar-refractivity contribution in [2.45, 2.75) is 0 Å². The summed E-state index contributed by atoms with van der Waals surface area (Å²) in [7, 11) is 3.06. The van der Waals surface area contributed by atoms with Crippen molar-refractivity contribution in [3.05, 3.63) is 34.5 Å². The van der Waals surface area contributed by atoms with E-state index in [1.54, 1.807) is 29.6 Å². The fraction of sp³-hybridized carbons (Fsp3) is 0.154. The minimum atomic E-state index is -0.254. The zero-order valence-electron chi connectivity index (χ0n) is 10.6. The molecule has 0 unspecified atom stereocenters. The van der Waals surface area contributed by atoms with E-state index >= 15 is 0 Å². The number of benzene rings is 1. The number of nitrogen functional groups attached to an aromatic ring is 1. The minimum absolute atomic E-state index is 0.254. The summed E-state index contributed by atoms with van der Waals surface area (Å²) in [6.45, 7) is 0. The van der Waals surface area contributed by atoms with Gasteiger partial charge in [-0.2, -0.15) is 0 Å². The predicted octanol–water partition coefficient (Wildman–Crippen LogP) is 2.60. The predicted molar refractivity (Wildman–Crippen MR) is 76.2 cm³/mol. The van der Waals surface area contributed by atoms with Gasteiger partial charge in [-0.15, -0.1) is 11.3 Å². The van der Waals surface area contributed by atoms with Crippen LogP contribution in [0.15, 0.2) is 29.6 Å². The third-order valence-corrected chi connectivity index (χ3v) is 3.42. The van der Waals surface area contributed by atoms with E-state index in [0.29, 0.717) is 27.8 Å². The summed E-state index contributed by atoms with van der Waals surface area (Å²) >= 11 is 1.31. The number of hydrogen-bond donors (Lipinski definition) is 2. The van der Waals surface area contributed by atoms with Crippen LogP contribution in [0.5, 0.6) is 11.5 Å². The van der Waals surface area contributed by atoms with Crippen LogP contribution in [0.2, 0.25) is 0 Å². The third-order valence-electron chi connectivity index (χ3n) is 2.53. The Morgan fingerprint density at radius 2 is 1.95 bits per heavy atom. The lowest BCUT2D eigenvalue weighted by Crippen LogP contribution is -2.12. The molecule has 0 saturated carbocycles. The van der Waals surface area contributed by atoms with E-state index < -0.39 is 0 Å². The molecule has 19 heavy (non-hydrogen) atoms. The van der Waals surface area contributed by atoms with Crippen molar-refractivity contribution in [2.75, 3.05) is 25.3 Å². The second-order valence-corrected chi connectivity index (χ2v) is 4.65. The molecule has 0 aliphatic carbocycles. The van der Waals surface area contributed by atoms with E-state index in [4.69, 9.17) is 15.2 Å². The largest absolute Gasteiger partial charge is 0.495 e. The molecule has 1 aromatic carbocycles. The van der Waals surface area contributed by atoms with Gasteiger partial charge in [-0.3, -0.25) is 4.79 Å². The van der Waals surface area contributed by atoms with Crippen molar-refractivity contribution in [3.8, 4) is 11.5 Å². The maximum Gasteiger partial charge on any atom is 0.269 e. The normalized spacial score (nSPS) is 10.0. The van der Waals surface area contributed by atoms with Gasteiger partial charge in [0.05, 0.1) is 19.9 Å². The average Bonchev–Trinajstić information content (AvgIpc) is 2.87. The minimum Gasteiger partial charge on any atom is -0.495 e. The van der Waals surface area contributed by atoms with Gasteiger partial charge in [0.1, 0.15) is 16.4 Å². The number of methoxy groups -OCH3 is 2. The molecule has 1 aromatic heterocycles. The highest BCUT2D eigenvalue weighted by molar-refractivity contribution is 7.12. The van der Waals surface area contributed by atoms with Crippen LogP contribution < -0.4 is 20.5 Å². The summed E-state index contributed by atoms with van der Waals surface area (Å²) in [5.74, 6) is 0.846. The standard InChI is InChI=1S/C13H14N2O3S/c1-17-10-4-3-8(14)7-9(10)15-13(16)12-11(18-2)5-6-19-12/h3-7H,14H2,1-2H3,(H,15,16). The molecule has 0 aliphatic rings. The van der Waals surface area contributed by atoms with E-state index in [0.717, 1.165) is 0 Å². The van der Waals surface area contributed by atoms with Gasteiger partial charge in [0, 0.05) is 5.69 Å². The number of nitrogens with two attached hydrogens (primary N) is 1. The number of ether oxygens (including phenoxy) is 2. The Morgan fingerprint density at radius 3 is 2.63 bits per heavy atom. The van der Waals surface area contributed by atoms with Crippen LogP contribution in [-0.2, 0) is 0 Å². The highest BCUT2D eigenvalue weighted by atomic mass is 32.1. The Hall–Kier alpha value is -2.21. The maximum absolute atomic E-state index is 12.2. The SMILES string of the molecule is COc1ccc(N)cc1NC(=O)c1sccc1OC.